The first-order valence-electron chi connectivity index (χ1n) is 6.79. The zero-order chi connectivity index (χ0) is 12.4. The number of unbranched alkanes of at least 4 members (excludes halogenated alkanes) is 1. The Hall–Kier alpha value is -0.160. The molecule has 0 atom stereocenters. The maximum atomic E-state index is 5.94. The van der Waals surface area contributed by atoms with Gasteiger partial charge in [0.15, 0.2) is 0 Å². The van der Waals surface area contributed by atoms with Crippen LogP contribution in [0.25, 0.3) is 0 Å². The van der Waals surface area contributed by atoms with Crippen molar-refractivity contribution < 1.29 is 14.2 Å². The SMILES string of the molecule is CCCCOCCOCCOCCC1(N)CC1. The van der Waals surface area contributed by atoms with E-state index in [1.54, 1.807) is 0 Å². The minimum absolute atomic E-state index is 0.105. The van der Waals surface area contributed by atoms with Gasteiger partial charge in [0.05, 0.1) is 26.4 Å². The maximum absolute atomic E-state index is 5.94. The zero-order valence-corrected chi connectivity index (χ0v) is 11.1. The first-order valence-corrected chi connectivity index (χ1v) is 6.79. The van der Waals surface area contributed by atoms with Gasteiger partial charge in [0.25, 0.3) is 0 Å². The minimum atomic E-state index is 0.105. The average molecular weight is 245 g/mol. The van der Waals surface area contributed by atoms with Gasteiger partial charge < -0.3 is 19.9 Å². The van der Waals surface area contributed by atoms with Gasteiger partial charge in [-0.25, -0.2) is 0 Å². The van der Waals surface area contributed by atoms with Crippen molar-refractivity contribution in [1.82, 2.24) is 0 Å². The molecule has 0 unspecified atom stereocenters. The van der Waals surface area contributed by atoms with Crippen molar-refractivity contribution in [2.24, 2.45) is 5.73 Å². The number of rotatable bonds is 12. The summed E-state index contributed by atoms with van der Waals surface area (Å²) in [4.78, 5) is 0. The summed E-state index contributed by atoms with van der Waals surface area (Å²) < 4.78 is 16.2. The molecule has 0 radical (unpaired) electrons. The third kappa shape index (κ3) is 8.55. The monoisotopic (exact) mass is 245 g/mol. The van der Waals surface area contributed by atoms with E-state index < -0.39 is 0 Å². The molecule has 1 rings (SSSR count). The van der Waals surface area contributed by atoms with Crippen molar-refractivity contribution in [3.05, 3.63) is 0 Å². The van der Waals surface area contributed by atoms with Crippen molar-refractivity contribution in [2.45, 2.75) is 44.6 Å². The van der Waals surface area contributed by atoms with Gasteiger partial charge in [0, 0.05) is 18.8 Å². The van der Waals surface area contributed by atoms with E-state index in [0.717, 1.165) is 38.9 Å². The zero-order valence-electron chi connectivity index (χ0n) is 11.1. The summed E-state index contributed by atoms with van der Waals surface area (Å²) in [6.07, 6.45) is 5.60. The highest BCUT2D eigenvalue weighted by Crippen LogP contribution is 2.35. The fourth-order valence-corrected chi connectivity index (χ4v) is 1.47. The second-order valence-electron chi connectivity index (χ2n) is 4.80. The van der Waals surface area contributed by atoms with Gasteiger partial charge in [-0.15, -0.1) is 0 Å². The van der Waals surface area contributed by atoms with Crippen LogP contribution in [-0.4, -0.2) is 45.2 Å². The fourth-order valence-electron chi connectivity index (χ4n) is 1.47. The minimum Gasteiger partial charge on any atom is -0.379 e. The molecule has 0 aromatic heterocycles. The third-order valence-corrected chi connectivity index (χ3v) is 3.02. The van der Waals surface area contributed by atoms with Crippen LogP contribution in [0, 0.1) is 0 Å². The molecular weight excluding hydrogens is 218 g/mol. The molecule has 0 aliphatic heterocycles. The van der Waals surface area contributed by atoms with Crippen LogP contribution < -0.4 is 5.73 Å². The Morgan fingerprint density at radius 2 is 1.41 bits per heavy atom. The Bertz CT molecular complexity index is 184. The normalized spacial score (nSPS) is 17.3. The first-order chi connectivity index (χ1) is 8.27. The lowest BCUT2D eigenvalue weighted by atomic mass is 10.2. The predicted molar refractivity (Wildman–Crippen MR) is 68.1 cm³/mol. The van der Waals surface area contributed by atoms with Crippen LogP contribution in [0.4, 0.5) is 0 Å². The number of ether oxygens (including phenoxy) is 3. The average Bonchev–Trinajstić information content (AvgIpc) is 3.05. The molecule has 4 nitrogen and oxygen atoms in total. The molecule has 0 spiro atoms. The first kappa shape index (κ1) is 14.9. The summed E-state index contributed by atoms with van der Waals surface area (Å²) in [5, 5.41) is 0. The Morgan fingerprint density at radius 3 is 1.94 bits per heavy atom. The second-order valence-corrected chi connectivity index (χ2v) is 4.80. The molecule has 102 valence electrons. The van der Waals surface area contributed by atoms with E-state index in [0.29, 0.717) is 26.4 Å². The highest BCUT2D eigenvalue weighted by Gasteiger charge is 2.37. The van der Waals surface area contributed by atoms with Gasteiger partial charge in [-0.3, -0.25) is 0 Å². The molecule has 17 heavy (non-hydrogen) atoms. The van der Waals surface area contributed by atoms with Crippen LogP contribution in [0.2, 0.25) is 0 Å². The van der Waals surface area contributed by atoms with Gasteiger partial charge in [0.2, 0.25) is 0 Å². The van der Waals surface area contributed by atoms with E-state index in [9.17, 15) is 0 Å². The van der Waals surface area contributed by atoms with Gasteiger partial charge in [-0.2, -0.15) is 0 Å². The lowest BCUT2D eigenvalue weighted by Gasteiger charge is -2.09. The Balaban J connectivity index is 1.67. The molecule has 0 bridgehead atoms. The Labute approximate surface area is 105 Å². The van der Waals surface area contributed by atoms with Crippen molar-refractivity contribution in [1.29, 1.82) is 0 Å². The molecule has 4 heteroatoms. The van der Waals surface area contributed by atoms with Gasteiger partial charge in [0.1, 0.15) is 0 Å². The van der Waals surface area contributed by atoms with Crippen LogP contribution in [0.1, 0.15) is 39.0 Å². The standard InChI is InChI=1S/C13H27NO3/c1-2-3-7-15-9-11-17-12-10-16-8-6-13(14)4-5-13/h2-12,14H2,1H3. The number of nitrogens with two attached hydrogens (primary N) is 1. The lowest BCUT2D eigenvalue weighted by molar-refractivity contribution is 0.0127. The molecular formula is C13H27NO3. The molecule has 2 N–H and O–H groups in total. The quantitative estimate of drug-likeness (QED) is 0.532. The Morgan fingerprint density at radius 1 is 0.882 bits per heavy atom. The van der Waals surface area contributed by atoms with Crippen molar-refractivity contribution >= 4 is 0 Å². The molecule has 0 aromatic carbocycles. The van der Waals surface area contributed by atoms with E-state index in [1.807, 2.05) is 0 Å². The van der Waals surface area contributed by atoms with E-state index >= 15 is 0 Å². The molecule has 0 saturated heterocycles. The van der Waals surface area contributed by atoms with Crippen molar-refractivity contribution in [3.63, 3.8) is 0 Å². The van der Waals surface area contributed by atoms with E-state index in [1.165, 1.54) is 6.42 Å². The highest BCUT2D eigenvalue weighted by molar-refractivity contribution is 4.98. The van der Waals surface area contributed by atoms with E-state index in [2.05, 4.69) is 6.92 Å². The maximum Gasteiger partial charge on any atom is 0.0701 e. The van der Waals surface area contributed by atoms with E-state index in [-0.39, 0.29) is 5.54 Å². The summed E-state index contributed by atoms with van der Waals surface area (Å²) >= 11 is 0. The van der Waals surface area contributed by atoms with Gasteiger partial charge in [-0.1, -0.05) is 13.3 Å². The summed E-state index contributed by atoms with van der Waals surface area (Å²) in [7, 11) is 0. The third-order valence-electron chi connectivity index (χ3n) is 3.02. The van der Waals surface area contributed by atoms with E-state index in [4.69, 9.17) is 19.9 Å². The summed E-state index contributed by atoms with van der Waals surface area (Å²) in [5.41, 5.74) is 6.04. The van der Waals surface area contributed by atoms with Crippen LogP contribution in [0.15, 0.2) is 0 Å². The smallest absolute Gasteiger partial charge is 0.0701 e. The molecule has 1 fully saturated rings. The molecule has 0 heterocycles. The molecule has 1 saturated carbocycles. The lowest BCUT2D eigenvalue weighted by Crippen LogP contribution is -2.24. The summed E-state index contributed by atoms with van der Waals surface area (Å²) in [6.45, 7) is 6.41. The topological polar surface area (TPSA) is 53.7 Å². The number of hydrogen-bond donors (Lipinski definition) is 1. The summed E-state index contributed by atoms with van der Waals surface area (Å²) in [5.74, 6) is 0. The van der Waals surface area contributed by atoms with Crippen molar-refractivity contribution in [3.8, 4) is 0 Å². The van der Waals surface area contributed by atoms with Crippen molar-refractivity contribution in [2.75, 3.05) is 39.6 Å². The van der Waals surface area contributed by atoms with Gasteiger partial charge >= 0.3 is 0 Å². The van der Waals surface area contributed by atoms with Crippen LogP contribution in [0.5, 0.6) is 0 Å². The second kappa shape index (κ2) is 8.86. The highest BCUT2D eigenvalue weighted by atomic mass is 16.5. The van der Waals surface area contributed by atoms with Crippen LogP contribution in [-0.2, 0) is 14.2 Å². The molecule has 1 aliphatic carbocycles. The van der Waals surface area contributed by atoms with Crippen LogP contribution in [0.3, 0.4) is 0 Å². The van der Waals surface area contributed by atoms with Crippen LogP contribution >= 0.6 is 0 Å². The Kier molecular flexibility index (Phi) is 7.77. The summed E-state index contributed by atoms with van der Waals surface area (Å²) in [6, 6.07) is 0. The fraction of sp³-hybridized carbons (Fsp3) is 1.00. The molecule has 0 aromatic rings. The molecule has 1 aliphatic rings. The molecule has 0 amide bonds. The predicted octanol–water partition coefficient (Wildman–Crippen LogP) is 1.72. The van der Waals surface area contributed by atoms with Gasteiger partial charge in [-0.05, 0) is 25.7 Å². The largest absolute Gasteiger partial charge is 0.379 e. The number of hydrogen-bond acceptors (Lipinski definition) is 4.